The van der Waals surface area contributed by atoms with Gasteiger partial charge in [-0.15, -0.1) is 0 Å². The van der Waals surface area contributed by atoms with E-state index < -0.39 is 6.04 Å². The second kappa shape index (κ2) is 5.61. The molecule has 0 radical (unpaired) electrons. The van der Waals surface area contributed by atoms with Crippen LogP contribution in [-0.2, 0) is 4.79 Å². The number of carbonyl (C=O) groups is 1. The molecular formula is C12H19N3O. The molecule has 3 N–H and O–H groups in total. The minimum atomic E-state index is -0.479. The minimum Gasteiger partial charge on any atom is -0.320 e. The van der Waals surface area contributed by atoms with Crippen LogP contribution >= 0.6 is 0 Å². The molecule has 0 fully saturated rings. The predicted octanol–water partition coefficient (Wildman–Crippen LogP) is 1.70. The normalized spacial score (nSPS) is 14.2. The van der Waals surface area contributed by atoms with Gasteiger partial charge in [0.25, 0.3) is 0 Å². The number of nitrogens with zero attached hydrogens (tertiary/aromatic N) is 1. The molecular weight excluding hydrogens is 202 g/mol. The summed E-state index contributed by atoms with van der Waals surface area (Å²) < 4.78 is 0. The third-order valence-electron chi connectivity index (χ3n) is 2.72. The molecule has 0 spiro atoms. The van der Waals surface area contributed by atoms with Crippen LogP contribution < -0.4 is 11.1 Å². The number of hydrogen-bond acceptors (Lipinski definition) is 3. The number of aromatic nitrogens is 1. The van der Waals surface area contributed by atoms with Gasteiger partial charge in [0.05, 0.1) is 6.04 Å². The standard InChI is InChI=1S/C12H19N3O/c1-4-9(3)11(13)12(16)15-10-6-5-8(2)7-14-10/h5-7,9,11H,4,13H2,1-3H3,(H,14,15,16). The second-order valence-electron chi connectivity index (χ2n) is 4.12. The van der Waals surface area contributed by atoms with Crippen LogP contribution in [0.1, 0.15) is 25.8 Å². The van der Waals surface area contributed by atoms with Crippen molar-refractivity contribution in [3.8, 4) is 0 Å². The van der Waals surface area contributed by atoms with Crippen LogP contribution in [0.15, 0.2) is 18.3 Å². The summed E-state index contributed by atoms with van der Waals surface area (Å²) in [5.74, 6) is 0.547. The fraction of sp³-hybridized carbons (Fsp3) is 0.500. The number of nitrogens with two attached hydrogens (primary N) is 1. The van der Waals surface area contributed by atoms with E-state index in [1.165, 1.54) is 0 Å². The van der Waals surface area contributed by atoms with E-state index in [4.69, 9.17) is 5.73 Å². The van der Waals surface area contributed by atoms with Crippen LogP contribution in [0.2, 0.25) is 0 Å². The van der Waals surface area contributed by atoms with Crippen molar-refractivity contribution in [2.45, 2.75) is 33.2 Å². The first-order valence-corrected chi connectivity index (χ1v) is 5.53. The molecule has 0 bridgehead atoms. The van der Waals surface area contributed by atoms with E-state index >= 15 is 0 Å². The largest absolute Gasteiger partial charge is 0.320 e. The Balaban J connectivity index is 2.60. The highest BCUT2D eigenvalue weighted by Crippen LogP contribution is 2.09. The zero-order valence-corrected chi connectivity index (χ0v) is 10.0. The molecule has 0 saturated carbocycles. The maximum absolute atomic E-state index is 11.7. The molecule has 2 unspecified atom stereocenters. The third-order valence-corrected chi connectivity index (χ3v) is 2.72. The van der Waals surface area contributed by atoms with Crippen LogP contribution in [0.5, 0.6) is 0 Å². The third kappa shape index (κ3) is 3.31. The molecule has 0 aliphatic carbocycles. The zero-order valence-electron chi connectivity index (χ0n) is 10.0. The topological polar surface area (TPSA) is 68.0 Å². The van der Waals surface area contributed by atoms with Crippen molar-refractivity contribution < 1.29 is 4.79 Å². The molecule has 1 heterocycles. The van der Waals surface area contributed by atoms with E-state index in [1.54, 1.807) is 12.3 Å². The van der Waals surface area contributed by atoms with E-state index in [-0.39, 0.29) is 11.8 Å². The predicted molar refractivity (Wildman–Crippen MR) is 65.0 cm³/mol. The Kier molecular flexibility index (Phi) is 4.43. The fourth-order valence-corrected chi connectivity index (χ4v) is 1.26. The number of hydrogen-bond donors (Lipinski definition) is 2. The van der Waals surface area contributed by atoms with Crippen LogP contribution in [0.25, 0.3) is 0 Å². The van der Waals surface area contributed by atoms with Crippen LogP contribution in [0.4, 0.5) is 5.82 Å². The average Bonchev–Trinajstić information content (AvgIpc) is 2.30. The summed E-state index contributed by atoms with van der Waals surface area (Å²) in [7, 11) is 0. The fourth-order valence-electron chi connectivity index (χ4n) is 1.26. The number of anilines is 1. The van der Waals surface area contributed by atoms with Crippen LogP contribution in [0.3, 0.4) is 0 Å². The first kappa shape index (κ1) is 12.6. The summed E-state index contributed by atoms with van der Waals surface area (Å²) in [5.41, 5.74) is 6.87. The lowest BCUT2D eigenvalue weighted by Crippen LogP contribution is -2.40. The second-order valence-corrected chi connectivity index (χ2v) is 4.12. The van der Waals surface area contributed by atoms with Crippen molar-refractivity contribution in [2.24, 2.45) is 11.7 Å². The molecule has 16 heavy (non-hydrogen) atoms. The van der Waals surface area contributed by atoms with Crippen molar-refractivity contribution in [2.75, 3.05) is 5.32 Å². The van der Waals surface area contributed by atoms with E-state index in [1.807, 2.05) is 26.8 Å². The Morgan fingerprint density at radius 3 is 2.75 bits per heavy atom. The van der Waals surface area contributed by atoms with Crippen molar-refractivity contribution in [1.29, 1.82) is 0 Å². The Morgan fingerprint density at radius 2 is 2.25 bits per heavy atom. The summed E-state index contributed by atoms with van der Waals surface area (Å²) >= 11 is 0. The Hall–Kier alpha value is -1.42. The number of rotatable bonds is 4. The number of nitrogens with one attached hydrogen (secondary N) is 1. The lowest BCUT2D eigenvalue weighted by molar-refractivity contribution is -0.118. The van der Waals surface area contributed by atoms with E-state index in [9.17, 15) is 4.79 Å². The van der Waals surface area contributed by atoms with Gasteiger partial charge in [0, 0.05) is 6.20 Å². The molecule has 2 atom stereocenters. The van der Waals surface area contributed by atoms with Gasteiger partial charge in [-0.25, -0.2) is 4.98 Å². The van der Waals surface area contributed by atoms with Gasteiger partial charge in [0.2, 0.25) is 5.91 Å². The van der Waals surface area contributed by atoms with Gasteiger partial charge in [-0.2, -0.15) is 0 Å². The van der Waals surface area contributed by atoms with Crippen LogP contribution in [0, 0.1) is 12.8 Å². The van der Waals surface area contributed by atoms with Gasteiger partial charge < -0.3 is 11.1 Å². The van der Waals surface area contributed by atoms with E-state index in [0.717, 1.165) is 12.0 Å². The average molecular weight is 221 g/mol. The van der Waals surface area contributed by atoms with Crippen molar-refractivity contribution in [3.63, 3.8) is 0 Å². The molecule has 1 aromatic heterocycles. The zero-order chi connectivity index (χ0) is 12.1. The van der Waals surface area contributed by atoms with Gasteiger partial charge in [-0.1, -0.05) is 26.3 Å². The highest BCUT2D eigenvalue weighted by Gasteiger charge is 2.19. The molecule has 4 heteroatoms. The number of aryl methyl sites for hydroxylation is 1. The summed E-state index contributed by atoms with van der Waals surface area (Å²) in [6.45, 7) is 5.93. The Bertz CT molecular complexity index is 348. The highest BCUT2D eigenvalue weighted by molar-refractivity contribution is 5.94. The highest BCUT2D eigenvalue weighted by atomic mass is 16.2. The maximum atomic E-state index is 11.7. The van der Waals surface area contributed by atoms with Crippen LogP contribution in [-0.4, -0.2) is 16.9 Å². The smallest absolute Gasteiger partial charge is 0.242 e. The summed E-state index contributed by atoms with van der Waals surface area (Å²) in [6, 6.07) is 3.20. The maximum Gasteiger partial charge on any atom is 0.242 e. The Morgan fingerprint density at radius 1 is 1.56 bits per heavy atom. The summed E-state index contributed by atoms with van der Waals surface area (Å²) in [4.78, 5) is 15.8. The van der Waals surface area contributed by atoms with Gasteiger partial charge in [0.15, 0.2) is 0 Å². The first-order valence-electron chi connectivity index (χ1n) is 5.53. The first-order chi connectivity index (χ1) is 7.54. The van der Waals surface area contributed by atoms with E-state index in [0.29, 0.717) is 5.82 Å². The number of amides is 1. The summed E-state index contributed by atoms with van der Waals surface area (Å²) in [6.07, 6.45) is 2.60. The quantitative estimate of drug-likeness (QED) is 0.813. The number of pyridine rings is 1. The SMILES string of the molecule is CCC(C)C(N)C(=O)Nc1ccc(C)cn1. The van der Waals surface area contributed by atoms with Gasteiger partial charge in [-0.3, -0.25) is 4.79 Å². The number of carbonyl (C=O) groups excluding carboxylic acids is 1. The van der Waals surface area contributed by atoms with Crippen molar-refractivity contribution in [3.05, 3.63) is 23.9 Å². The molecule has 1 rings (SSSR count). The molecule has 0 aromatic carbocycles. The molecule has 1 amide bonds. The van der Waals surface area contributed by atoms with Gasteiger partial charge in [0.1, 0.15) is 5.82 Å². The van der Waals surface area contributed by atoms with Gasteiger partial charge >= 0.3 is 0 Å². The molecule has 0 aliphatic heterocycles. The lowest BCUT2D eigenvalue weighted by Gasteiger charge is -2.17. The molecule has 0 aliphatic rings. The molecule has 88 valence electrons. The molecule has 1 aromatic rings. The minimum absolute atomic E-state index is 0.172. The van der Waals surface area contributed by atoms with Crippen molar-refractivity contribution in [1.82, 2.24) is 4.98 Å². The molecule has 4 nitrogen and oxygen atoms in total. The van der Waals surface area contributed by atoms with Crippen molar-refractivity contribution >= 4 is 11.7 Å². The Labute approximate surface area is 96.3 Å². The van der Waals surface area contributed by atoms with E-state index in [2.05, 4.69) is 10.3 Å². The monoisotopic (exact) mass is 221 g/mol. The summed E-state index contributed by atoms with van der Waals surface area (Å²) in [5, 5.41) is 2.71. The lowest BCUT2D eigenvalue weighted by atomic mass is 9.99. The molecule has 0 saturated heterocycles. The van der Waals surface area contributed by atoms with Gasteiger partial charge in [-0.05, 0) is 24.5 Å².